The summed E-state index contributed by atoms with van der Waals surface area (Å²) in [5, 5.41) is 80.3. The zero-order chi connectivity index (χ0) is 98.6. The number of carboxylic acids is 1. The van der Waals surface area contributed by atoms with Gasteiger partial charge in [-0.15, -0.1) is 0 Å². The van der Waals surface area contributed by atoms with Crippen LogP contribution < -0.4 is 82.1 Å². The molecule has 0 fully saturated rings. The van der Waals surface area contributed by atoms with Crippen LogP contribution in [0.4, 0.5) is 45.5 Å². The quantitative estimate of drug-likeness (QED) is 0.00555. The van der Waals surface area contributed by atoms with Crippen molar-refractivity contribution in [2.45, 2.75) is 125 Å². The fraction of sp³-hybridized carbons (Fsp3) is 0.271. The minimum atomic E-state index is -1.14. The number of unbranched alkanes of at least 4 members (excludes halogenated alkanes) is 4. The van der Waals surface area contributed by atoms with Gasteiger partial charge in [0, 0.05) is 99.6 Å². The molecule has 0 spiro atoms. The standard InChI is InChI=1S/C28H22N2O7.C25H32N6O6.C22H27N3O6.C21H25N3O6/c31-27(21-12-14-24(30(34)35)26(15-21)37-18-20-9-5-2-6-10-20)29-23-13-11-22(28(32)33)16-25(23)36-17-19-7-3-1-4-8-19;1-16(26)6-2-4-12-36-21-14-17(24(29)32)8-10-19(21)30-25(33)18-9-11-20(31(34)35)22(15-18)37-13-5-3-7-23(27)28;1-3-5-11-30-19-13-15(21(23)26)7-9-17(19)24-22(27)16-8-10-18(25(28)29)20(14-16)31-12-6-4-2;1-4-9-29-18-10-14(20(22)25)5-7-16(18)23-21(26)15-6-8-17(24(27)28)19(11-15)30-12-13(2)3/h1-16H,17-18H2,(H,29,31)(H,32,33);8-11,14-15,26H,2-7,12-13H2,1H3,(H3,27,28)(H2,29,32)(H,30,33);7-10,13-14H,3-6,11-12H2,1-2H3,(H2,23,26)(H,24,27);5-8,10-11,13H,4,9,12H2,1-3H3,(H2,22,25)(H,23,26). The normalized spacial score (nSPS) is 10.4. The molecule has 0 aliphatic carbocycles. The van der Waals surface area contributed by atoms with E-state index < -0.39 is 67.0 Å². The van der Waals surface area contributed by atoms with E-state index in [-0.39, 0.29) is 146 Å². The summed E-state index contributed by atoms with van der Waals surface area (Å²) in [5.41, 5.74) is 25.2. The molecular weight excluding hydrogens is 1750 g/mol. The number of nitrogens with zero attached hydrogens (tertiary/aromatic N) is 4. The highest BCUT2D eigenvalue weighted by molar-refractivity contribution is 6.09. The molecule has 0 aliphatic rings. The van der Waals surface area contributed by atoms with Crippen LogP contribution in [0.1, 0.15) is 206 Å². The highest BCUT2D eigenvalue weighted by atomic mass is 16.6. The number of nitrogens with one attached hydrogen (secondary N) is 6. The number of carboxylic acid groups (broad SMARTS) is 1. The molecular formula is C96H106N14O25. The Kier molecular flexibility index (Phi) is 42.0. The first-order valence-corrected chi connectivity index (χ1v) is 42.6. The predicted octanol–water partition coefficient (Wildman–Crippen LogP) is 17.8. The fourth-order valence-corrected chi connectivity index (χ4v) is 11.9. The summed E-state index contributed by atoms with van der Waals surface area (Å²) >= 11 is 0. The summed E-state index contributed by atoms with van der Waals surface area (Å²) in [6, 6.07) is 51.3. The average Bonchev–Trinajstić information content (AvgIpc) is 0.837. The molecule has 0 aliphatic heterocycles. The summed E-state index contributed by atoms with van der Waals surface area (Å²) in [7, 11) is 0. The third kappa shape index (κ3) is 34.5. The van der Waals surface area contributed by atoms with E-state index in [9.17, 15) is 83.9 Å². The second-order valence-corrected chi connectivity index (χ2v) is 30.2. The average molecular weight is 1860 g/mol. The van der Waals surface area contributed by atoms with Gasteiger partial charge in [0.15, 0.2) is 23.0 Å². The number of nitrogens with two attached hydrogens (primary N) is 4. The number of primary amides is 3. The van der Waals surface area contributed by atoms with Crippen LogP contribution in [0.3, 0.4) is 0 Å². The van der Waals surface area contributed by atoms with Gasteiger partial charge in [0.1, 0.15) is 36.2 Å². The molecule has 710 valence electrons. The Morgan fingerprint density at radius 3 is 0.919 bits per heavy atom. The summed E-state index contributed by atoms with van der Waals surface area (Å²) < 4.78 is 45.2. The van der Waals surface area contributed by atoms with E-state index in [2.05, 4.69) is 21.3 Å². The minimum absolute atomic E-state index is 0.00649. The number of ether oxygens (including phenoxy) is 8. The van der Waals surface area contributed by atoms with Crippen LogP contribution in [0.15, 0.2) is 206 Å². The molecule has 10 rings (SSSR count). The van der Waals surface area contributed by atoms with E-state index in [0.29, 0.717) is 92.8 Å². The Labute approximate surface area is 776 Å². The Morgan fingerprint density at radius 2 is 0.615 bits per heavy atom. The van der Waals surface area contributed by atoms with Gasteiger partial charge < -0.3 is 92.6 Å². The number of rotatable bonds is 48. The molecule has 0 bridgehead atoms. The maximum Gasteiger partial charge on any atom is 0.335 e. The van der Waals surface area contributed by atoms with Gasteiger partial charge in [-0.2, -0.15) is 0 Å². The molecule has 0 saturated heterocycles. The smallest absolute Gasteiger partial charge is 0.335 e. The summed E-state index contributed by atoms with van der Waals surface area (Å²) in [5.74, 6) is -3.96. The summed E-state index contributed by atoms with van der Waals surface area (Å²) in [6.07, 6.45) is 7.64. The van der Waals surface area contributed by atoms with Crippen molar-refractivity contribution in [2.24, 2.45) is 28.9 Å². The van der Waals surface area contributed by atoms with Gasteiger partial charge in [0.25, 0.3) is 23.6 Å². The first-order chi connectivity index (χ1) is 64.6. The third-order valence-electron chi connectivity index (χ3n) is 19.0. The molecule has 0 atom stereocenters. The lowest BCUT2D eigenvalue weighted by molar-refractivity contribution is -0.386. The van der Waals surface area contributed by atoms with Crippen molar-refractivity contribution in [1.29, 1.82) is 10.8 Å². The van der Waals surface area contributed by atoms with Crippen LogP contribution in [-0.4, -0.2) is 123 Å². The van der Waals surface area contributed by atoms with Gasteiger partial charge in [-0.05, 0) is 172 Å². The zero-order valence-corrected chi connectivity index (χ0v) is 75.0. The van der Waals surface area contributed by atoms with E-state index in [4.69, 9.17) is 71.6 Å². The Bertz CT molecular complexity index is 5880. The zero-order valence-electron chi connectivity index (χ0n) is 75.0. The fourth-order valence-electron chi connectivity index (χ4n) is 11.9. The number of nitro groups is 4. The van der Waals surface area contributed by atoms with Crippen molar-refractivity contribution in [1.82, 2.24) is 0 Å². The summed E-state index contributed by atoms with van der Waals surface area (Å²) in [6.45, 7) is 13.5. The Hall–Kier alpha value is -16.9. The van der Waals surface area contributed by atoms with E-state index in [1.807, 2.05) is 95.3 Å². The first kappa shape index (κ1) is 105. The highest BCUT2D eigenvalue weighted by Gasteiger charge is 2.27. The predicted molar refractivity (Wildman–Crippen MR) is 505 cm³/mol. The van der Waals surface area contributed by atoms with Gasteiger partial charge in [-0.1, -0.05) is 108 Å². The number of hydrogen-bond donors (Lipinski definition) is 11. The van der Waals surface area contributed by atoms with Crippen LogP contribution in [0, 0.1) is 57.2 Å². The number of hydrogen-bond acceptors (Lipinski definition) is 26. The minimum Gasteiger partial charge on any atom is -0.491 e. The van der Waals surface area contributed by atoms with Gasteiger partial charge in [-0.25, -0.2) is 4.79 Å². The second-order valence-electron chi connectivity index (χ2n) is 30.2. The topological polar surface area (TPSA) is 603 Å². The van der Waals surface area contributed by atoms with Gasteiger partial charge in [0.05, 0.1) is 93.5 Å². The van der Waals surface area contributed by atoms with Crippen molar-refractivity contribution < 1.29 is 101 Å². The van der Waals surface area contributed by atoms with Gasteiger partial charge in [0.2, 0.25) is 17.7 Å². The molecule has 39 heteroatoms. The van der Waals surface area contributed by atoms with Crippen LogP contribution in [0.5, 0.6) is 46.0 Å². The molecule has 15 N–H and O–H groups in total. The largest absolute Gasteiger partial charge is 0.491 e. The third-order valence-corrected chi connectivity index (χ3v) is 19.0. The number of carbonyl (C=O) groups is 8. The van der Waals surface area contributed by atoms with Crippen molar-refractivity contribution in [3.8, 4) is 46.0 Å². The number of aromatic carboxylic acids is 1. The molecule has 135 heavy (non-hydrogen) atoms. The lowest BCUT2D eigenvalue weighted by Crippen LogP contribution is -2.15. The number of anilines is 4. The van der Waals surface area contributed by atoms with E-state index in [1.54, 1.807) is 6.92 Å². The van der Waals surface area contributed by atoms with Crippen molar-refractivity contribution >= 4 is 104 Å². The highest BCUT2D eigenvalue weighted by Crippen LogP contribution is 2.37. The molecule has 10 aromatic carbocycles. The van der Waals surface area contributed by atoms with E-state index >= 15 is 0 Å². The molecule has 0 saturated carbocycles. The molecule has 0 radical (unpaired) electrons. The number of benzene rings is 10. The van der Waals surface area contributed by atoms with Crippen molar-refractivity contribution in [3.05, 3.63) is 302 Å². The van der Waals surface area contributed by atoms with Crippen LogP contribution >= 0.6 is 0 Å². The van der Waals surface area contributed by atoms with Crippen LogP contribution in [0.2, 0.25) is 0 Å². The number of carbonyl (C=O) groups excluding carboxylic acids is 7. The maximum atomic E-state index is 13.1. The SMILES string of the molecule is CC(=N)CCCCOc1cc(C(N)=O)ccc1NC(=O)c1ccc([N+](=O)[O-])c(OCCCCC(=N)N)c1.CCCCOc1cc(C(N)=O)ccc1NC(=O)c1ccc([N+](=O)[O-])c(OCCCC)c1.CCCOc1cc(C(N)=O)ccc1NC(=O)c1ccc([N+](=O)[O-])c(OCC(C)C)c1.O=C(O)c1ccc(NC(=O)c2ccc([N+](=O)[O-])c(OCc3ccccc3)c2)c(OCc2ccccc2)c1. The van der Waals surface area contributed by atoms with E-state index in [0.717, 1.165) is 49.7 Å². The molecule has 10 aromatic rings. The molecule has 39 nitrogen and oxygen atoms in total. The second kappa shape index (κ2) is 53.9. The molecule has 0 unspecified atom stereocenters. The van der Waals surface area contributed by atoms with Gasteiger partial charge in [-0.3, -0.25) is 79.4 Å². The molecule has 0 aromatic heterocycles. The monoisotopic (exact) mass is 1850 g/mol. The lowest BCUT2D eigenvalue weighted by atomic mass is 10.1. The van der Waals surface area contributed by atoms with Crippen molar-refractivity contribution in [3.63, 3.8) is 0 Å². The Balaban J connectivity index is 0.000000247. The van der Waals surface area contributed by atoms with Crippen molar-refractivity contribution in [2.75, 3.05) is 60.9 Å². The number of nitro benzene ring substituents is 4. The first-order valence-electron chi connectivity index (χ1n) is 42.6. The van der Waals surface area contributed by atoms with E-state index in [1.165, 1.54) is 146 Å². The maximum absolute atomic E-state index is 13.1. The van der Waals surface area contributed by atoms with Gasteiger partial charge >= 0.3 is 28.7 Å². The molecule has 0 heterocycles. The van der Waals surface area contributed by atoms with Crippen LogP contribution in [-0.2, 0) is 13.2 Å². The van der Waals surface area contributed by atoms with Crippen LogP contribution in [0.25, 0.3) is 0 Å². The lowest BCUT2D eigenvalue weighted by Gasteiger charge is -2.14. The number of amidine groups is 1. The summed E-state index contributed by atoms with van der Waals surface area (Å²) in [4.78, 5) is 141. The number of amides is 7. The molecule has 7 amide bonds. The Morgan fingerprint density at radius 1 is 0.341 bits per heavy atom.